The first-order valence-corrected chi connectivity index (χ1v) is 9.37. The van der Waals surface area contributed by atoms with Gasteiger partial charge in [0, 0.05) is 24.7 Å². The monoisotopic (exact) mass is 389 g/mol. The summed E-state index contributed by atoms with van der Waals surface area (Å²) in [5.41, 5.74) is 4.29. The van der Waals surface area contributed by atoms with Gasteiger partial charge < -0.3 is 14.8 Å². The molecule has 2 aromatic carbocycles. The van der Waals surface area contributed by atoms with Crippen molar-refractivity contribution >= 4 is 16.7 Å². The smallest absolute Gasteiger partial charge is 0.276 e. The predicted octanol–water partition coefficient (Wildman–Crippen LogP) is 3.89. The summed E-state index contributed by atoms with van der Waals surface area (Å²) < 4.78 is 12.7. The van der Waals surface area contributed by atoms with Crippen LogP contribution in [0.15, 0.2) is 54.6 Å². The van der Waals surface area contributed by atoms with Crippen LogP contribution in [-0.4, -0.2) is 34.0 Å². The van der Waals surface area contributed by atoms with E-state index in [0.29, 0.717) is 30.8 Å². The van der Waals surface area contributed by atoms with Gasteiger partial charge in [0.15, 0.2) is 5.82 Å². The summed E-state index contributed by atoms with van der Waals surface area (Å²) in [4.78, 5) is 4.71. The normalized spacial score (nSPS) is 11.0. The van der Waals surface area contributed by atoms with E-state index < -0.39 is 0 Å². The second kappa shape index (κ2) is 8.28. The highest BCUT2D eigenvalue weighted by Crippen LogP contribution is 2.27. The molecule has 0 amide bonds. The molecule has 0 aliphatic heterocycles. The molecule has 0 atom stereocenters. The topological polar surface area (TPSA) is 74.1 Å². The van der Waals surface area contributed by atoms with E-state index in [1.807, 2.05) is 41.8 Å². The summed E-state index contributed by atoms with van der Waals surface area (Å²) in [7, 11) is 3.26. The Morgan fingerprint density at radius 1 is 1.00 bits per heavy atom. The molecule has 0 saturated carbocycles. The van der Waals surface area contributed by atoms with Crippen molar-refractivity contribution in [1.82, 2.24) is 19.7 Å². The Labute approximate surface area is 169 Å². The lowest BCUT2D eigenvalue weighted by Gasteiger charge is -2.12. The maximum absolute atomic E-state index is 5.35. The minimum Gasteiger partial charge on any atom is -0.477 e. The lowest BCUT2D eigenvalue weighted by molar-refractivity contribution is 0.186. The van der Waals surface area contributed by atoms with Gasteiger partial charge in [-0.1, -0.05) is 42.5 Å². The van der Waals surface area contributed by atoms with Gasteiger partial charge in [-0.3, -0.25) is 4.57 Å². The quantitative estimate of drug-likeness (QED) is 0.517. The van der Waals surface area contributed by atoms with Crippen molar-refractivity contribution in [2.24, 2.45) is 0 Å². The molecule has 0 unspecified atom stereocenters. The highest BCUT2D eigenvalue weighted by atomic mass is 16.5. The number of ether oxygens (including phenoxy) is 2. The van der Waals surface area contributed by atoms with Gasteiger partial charge in [0.1, 0.15) is 0 Å². The Bertz CT molecular complexity index is 1120. The highest BCUT2D eigenvalue weighted by Gasteiger charge is 2.16. The molecule has 0 aliphatic rings. The maximum atomic E-state index is 5.35. The number of benzene rings is 2. The largest absolute Gasteiger partial charge is 0.477 e. The first-order chi connectivity index (χ1) is 14.2. The zero-order chi connectivity index (χ0) is 20.2. The molecule has 7 heteroatoms. The van der Waals surface area contributed by atoms with Crippen LogP contribution in [0.5, 0.6) is 5.88 Å². The predicted molar refractivity (Wildman–Crippen MR) is 112 cm³/mol. The van der Waals surface area contributed by atoms with Crippen LogP contribution in [0.3, 0.4) is 0 Å². The molecule has 7 nitrogen and oxygen atoms in total. The Morgan fingerprint density at radius 2 is 1.83 bits per heavy atom. The molecule has 4 rings (SSSR count). The molecule has 2 aromatic heterocycles. The van der Waals surface area contributed by atoms with Gasteiger partial charge in [0.25, 0.3) is 11.8 Å². The molecular weight excluding hydrogens is 366 g/mol. The Morgan fingerprint density at radius 3 is 2.59 bits per heavy atom. The summed E-state index contributed by atoms with van der Waals surface area (Å²) in [5, 5.41) is 13.0. The number of nitrogens with one attached hydrogen (secondary N) is 1. The van der Waals surface area contributed by atoms with Crippen molar-refractivity contribution in [3.05, 3.63) is 71.4 Å². The minimum absolute atomic E-state index is 0.360. The first kappa shape index (κ1) is 18.9. The zero-order valence-corrected chi connectivity index (χ0v) is 16.7. The van der Waals surface area contributed by atoms with Gasteiger partial charge >= 0.3 is 0 Å². The fraction of sp³-hybridized carbons (Fsp3) is 0.227. The van der Waals surface area contributed by atoms with E-state index >= 15 is 0 Å². The molecule has 29 heavy (non-hydrogen) atoms. The summed E-state index contributed by atoms with van der Waals surface area (Å²) in [6.45, 7) is 3.19. The highest BCUT2D eigenvalue weighted by molar-refractivity contribution is 5.86. The molecule has 0 bridgehead atoms. The van der Waals surface area contributed by atoms with Gasteiger partial charge in [-0.05, 0) is 30.2 Å². The van der Waals surface area contributed by atoms with E-state index in [-0.39, 0.29) is 0 Å². The van der Waals surface area contributed by atoms with Gasteiger partial charge in [-0.25, -0.2) is 0 Å². The number of aromatic nitrogens is 4. The third-order valence-corrected chi connectivity index (χ3v) is 4.76. The van der Waals surface area contributed by atoms with Crippen LogP contribution >= 0.6 is 0 Å². The Kier molecular flexibility index (Phi) is 5.39. The van der Waals surface area contributed by atoms with Gasteiger partial charge in [0.05, 0.1) is 19.2 Å². The number of methoxy groups -OCH3 is 2. The summed E-state index contributed by atoms with van der Waals surface area (Å²) in [5.74, 6) is 1.40. The van der Waals surface area contributed by atoms with Crippen LogP contribution in [0.4, 0.5) is 5.82 Å². The van der Waals surface area contributed by atoms with Crippen LogP contribution in [0.1, 0.15) is 16.8 Å². The summed E-state index contributed by atoms with van der Waals surface area (Å²) >= 11 is 0. The number of hydrogen-bond acceptors (Lipinski definition) is 6. The average Bonchev–Trinajstić information content (AvgIpc) is 3.10. The Hall–Kier alpha value is -3.45. The van der Waals surface area contributed by atoms with Crippen molar-refractivity contribution in [1.29, 1.82) is 0 Å². The molecule has 148 valence electrons. The molecule has 0 radical (unpaired) electrons. The van der Waals surface area contributed by atoms with E-state index in [2.05, 4.69) is 39.8 Å². The number of rotatable bonds is 7. The number of fused-ring (bicyclic) bond motifs is 1. The molecule has 0 aliphatic carbocycles. The molecule has 0 fully saturated rings. The fourth-order valence-electron chi connectivity index (χ4n) is 3.41. The lowest BCUT2D eigenvalue weighted by atomic mass is 10.1. The van der Waals surface area contributed by atoms with Gasteiger partial charge in [-0.2, -0.15) is 4.98 Å². The molecule has 2 heterocycles. The zero-order valence-electron chi connectivity index (χ0n) is 16.7. The van der Waals surface area contributed by atoms with E-state index in [9.17, 15) is 0 Å². The lowest BCUT2D eigenvalue weighted by Crippen LogP contribution is -2.10. The van der Waals surface area contributed by atoms with E-state index in [1.54, 1.807) is 14.2 Å². The van der Waals surface area contributed by atoms with E-state index in [4.69, 9.17) is 14.5 Å². The average molecular weight is 389 g/mol. The van der Waals surface area contributed by atoms with Crippen molar-refractivity contribution < 1.29 is 9.47 Å². The van der Waals surface area contributed by atoms with Gasteiger partial charge in [-0.15, -0.1) is 10.2 Å². The van der Waals surface area contributed by atoms with Crippen molar-refractivity contribution in [3.8, 4) is 11.8 Å². The SMILES string of the molecule is COCc1cccc2c1cc(C)n2-c1nnc(OC)c(NCc2ccccc2)n1. The second-order valence-corrected chi connectivity index (χ2v) is 6.71. The van der Waals surface area contributed by atoms with E-state index in [1.165, 1.54) is 0 Å². The number of hydrogen-bond donors (Lipinski definition) is 1. The summed E-state index contributed by atoms with van der Waals surface area (Å²) in [6, 6.07) is 18.3. The van der Waals surface area contributed by atoms with Crippen LogP contribution < -0.4 is 10.1 Å². The molecule has 4 aromatic rings. The van der Waals surface area contributed by atoms with Crippen molar-refractivity contribution in [2.75, 3.05) is 19.5 Å². The van der Waals surface area contributed by atoms with Crippen LogP contribution in [-0.2, 0) is 17.9 Å². The summed E-state index contributed by atoms with van der Waals surface area (Å²) in [6.07, 6.45) is 0. The second-order valence-electron chi connectivity index (χ2n) is 6.71. The standard InChI is InChI=1S/C22H23N5O2/c1-15-12-18-17(14-28-2)10-7-11-19(18)27(15)22-24-20(21(29-3)25-26-22)23-13-16-8-5-4-6-9-16/h4-12H,13-14H2,1-3H3,(H,23,24,26). The van der Waals surface area contributed by atoms with Crippen LogP contribution in [0, 0.1) is 6.92 Å². The fourth-order valence-corrected chi connectivity index (χ4v) is 3.41. The molecular formula is C22H23N5O2. The molecule has 1 N–H and O–H groups in total. The minimum atomic E-state index is 0.360. The van der Waals surface area contributed by atoms with Crippen LogP contribution in [0.2, 0.25) is 0 Å². The molecule has 0 spiro atoms. The first-order valence-electron chi connectivity index (χ1n) is 9.37. The number of anilines is 1. The number of aryl methyl sites for hydroxylation is 1. The number of nitrogens with zero attached hydrogens (tertiary/aromatic N) is 4. The maximum Gasteiger partial charge on any atom is 0.276 e. The van der Waals surface area contributed by atoms with Crippen LogP contribution in [0.25, 0.3) is 16.9 Å². The van der Waals surface area contributed by atoms with Crippen molar-refractivity contribution in [3.63, 3.8) is 0 Å². The van der Waals surface area contributed by atoms with E-state index in [0.717, 1.165) is 27.7 Å². The third kappa shape index (κ3) is 3.77. The molecule has 0 saturated heterocycles. The third-order valence-electron chi connectivity index (χ3n) is 4.76. The van der Waals surface area contributed by atoms with Gasteiger partial charge in [0.2, 0.25) is 0 Å². The van der Waals surface area contributed by atoms with Crippen molar-refractivity contribution in [2.45, 2.75) is 20.1 Å². The Balaban J connectivity index is 1.74.